The van der Waals surface area contributed by atoms with Gasteiger partial charge >= 0.3 is 6.18 Å². The summed E-state index contributed by atoms with van der Waals surface area (Å²) < 4.78 is 70.4. The summed E-state index contributed by atoms with van der Waals surface area (Å²) in [5.41, 5.74) is -1.72. The predicted octanol–water partition coefficient (Wildman–Crippen LogP) is 3.74. The Morgan fingerprint density at radius 1 is 1.21 bits per heavy atom. The molecule has 4 nitrogen and oxygen atoms in total. The Balaban J connectivity index is 1.99. The monoisotopic (exact) mass is 343 g/mol. The van der Waals surface area contributed by atoms with Crippen LogP contribution < -0.4 is 10.1 Å². The van der Waals surface area contributed by atoms with E-state index in [1.165, 1.54) is 0 Å². The number of benzene rings is 1. The minimum atomic E-state index is -4.62. The Hall–Kier alpha value is -2.89. The van der Waals surface area contributed by atoms with Crippen molar-refractivity contribution in [3.8, 4) is 11.9 Å². The lowest BCUT2D eigenvalue weighted by molar-refractivity contribution is -0.139. The highest BCUT2D eigenvalue weighted by Crippen LogP contribution is 2.34. The van der Waals surface area contributed by atoms with Crippen molar-refractivity contribution in [1.82, 2.24) is 4.98 Å². The Bertz CT molecular complexity index is 747. The molecule has 0 bridgehead atoms. The molecule has 2 aromatic rings. The first-order chi connectivity index (χ1) is 11.3. The van der Waals surface area contributed by atoms with Gasteiger partial charge in [-0.2, -0.15) is 18.4 Å². The highest BCUT2D eigenvalue weighted by Gasteiger charge is 2.34. The maximum absolute atomic E-state index is 13.6. The quantitative estimate of drug-likeness (QED) is 0.664. The maximum atomic E-state index is 13.6. The van der Waals surface area contributed by atoms with Gasteiger partial charge in [-0.05, 0) is 24.3 Å². The van der Waals surface area contributed by atoms with Crippen molar-refractivity contribution >= 4 is 5.69 Å². The fourth-order valence-corrected chi connectivity index (χ4v) is 1.85. The van der Waals surface area contributed by atoms with E-state index in [4.69, 9.17) is 10.00 Å². The summed E-state index contributed by atoms with van der Waals surface area (Å²) in [7, 11) is 0. The van der Waals surface area contributed by atoms with E-state index >= 15 is 0 Å². The SMILES string of the molecule is N#Cc1cc(F)c(NCCOc2ncccc2C(F)(F)F)c(F)c1. The number of hydrogen-bond donors (Lipinski definition) is 1. The number of aromatic nitrogens is 1. The number of nitriles is 1. The van der Waals surface area contributed by atoms with E-state index < -0.39 is 34.9 Å². The fourth-order valence-electron chi connectivity index (χ4n) is 1.85. The van der Waals surface area contributed by atoms with Gasteiger partial charge in [0.15, 0.2) is 11.6 Å². The van der Waals surface area contributed by atoms with Crippen molar-refractivity contribution in [2.45, 2.75) is 6.18 Å². The highest BCUT2D eigenvalue weighted by atomic mass is 19.4. The fraction of sp³-hybridized carbons (Fsp3) is 0.200. The molecule has 0 saturated carbocycles. The summed E-state index contributed by atoms with van der Waals surface area (Å²) in [5.74, 6) is -2.59. The molecule has 1 aromatic heterocycles. The maximum Gasteiger partial charge on any atom is 0.421 e. The van der Waals surface area contributed by atoms with Crippen molar-refractivity contribution in [3.05, 3.63) is 53.2 Å². The largest absolute Gasteiger partial charge is 0.475 e. The Labute approximate surface area is 133 Å². The molecule has 0 saturated heterocycles. The average Bonchev–Trinajstić information content (AvgIpc) is 2.52. The van der Waals surface area contributed by atoms with Gasteiger partial charge in [-0.3, -0.25) is 0 Å². The zero-order valence-electron chi connectivity index (χ0n) is 12.0. The second-order valence-electron chi connectivity index (χ2n) is 4.56. The van der Waals surface area contributed by atoms with Crippen LogP contribution in [0.2, 0.25) is 0 Å². The van der Waals surface area contributed by atoms with Gasteiger partial charge in [0.25, 0.3) is 0 Å². The molecule has 1 heterocycles. The van der Waals surface area contributed by atoms with Gasteiger partial charge < -0.3 is 10.1 Å². The molecule has 0 unspecified atom stereocenters. The van der Waals surface area contributed by atoms with Crippen LogP contribution in [0.1, 0.15) is 11.1 Å². The minimum absolute atomic E-state index is 0.173. The molecule has 0 fully saturated rings. The van der Waals surface area contributed by atoms with E-state index in [0.29, 0.717) is 0 Å². The third-order valence-corrected chi connectivity index (χ3v) is 2.89. The van der Waals surface area contributed by atoms with Crippen LogP contribution in [0.3, 0.4) is 0 Å². The van der Waals surface area contributed by atoms with Crippen LogP contribution in [-0.4, -0.2) is 18.1 Å². The summed E-state index contributed by atoms with van der Waals surface area (Å²) >= 11 is 0. The Kier molecular flexibility index (Phi) is 5.18. The van der Waals surface area contributed by atoms with Crippen molar-refractivity contribution in [1.29, 1.82) is 5.26 Å². The third kappa shape index (κ3) is 4.10. The number of halogens is 5. The lowest BCUT2D eigenvalue weighted by Gasteiger charge is -2.13. The van der Waals surface area contributed by atoms with E-state index in [-0.39, 0.29) is 18.7 Å². The first-order valence-corrected chi connectivity index (χ1v) is 6.61. The number of anilines is 1. The van der Waals surface area contributed by atoms with Crippen molar-refractivity contribution in [2.75, 3.05) is 18.5 Å². The summed E-state index contributed by atoms with van der Waals surface area (Å²) in [6.07, 6.45) is -3.49. The van der Waals surface area contributed by atoms with Crippen LogP contribution >= 0.6 is 0 Å². The number of nitrogens with one attached hydrogen (secondary N) is 1. The molecule has 1 aromatic carbocycles. The molecule has 0 radical (unpaired) electrons. The summed E-state index contributed by atoms with van der Waals surface area (Å²) in [4.78, 5) is 3.49. The van der Waals surface area contributed by atoms with E-state index in [1.807, 2.05) is 0 Å². The van der Waals surface area contributed by atoms with Gasteiger partial charge in [0.05, 0.1) is 11.6 Å². The standard InChI is InChI=1S/C15H10F5N3O/c16-11-6-9(8-21)7-12(17)13(11)22-4-5-24-14-10(15(18,19)20)2-1-3-23-14/h1-3,6-7,22H,4-5H2. The summed E-state index contributed by atoms with van der Waals surface area (Å²) in [6.45, 7) is -0.480. The zero-order valence-corrected chi connectivity index (χ0v) is 12.0. The van der Waals surface area contributed by atoms with Crippen LogP contribution in [0.25, 0.3) is 0 Å². The molecule has 1 N–H and O–H groups in total. The Morgan fingerprint density at radius 3 is 2.46 bits per heavy atom. The number of hydrogen-bond acceptors (Lipinski definition) is 4. The number of alkyl halides is 3. The van der Waals surface area contributed by atoms with Crippen LogP contribution in [0.15, 0.2) is 30.5 Å². The average molecular weight is 343 g/mol. The van der Waals surface area contributed by atoms with E-state index in [9.17, 15) is 22.0 Å². The topological polar surface area (TPSA) is 57.9 Å². The smallest absolute Gasteiger partial charge is 0.421 e. The molecule has 0 spiro atoms. The normalized spacial score (nSPS) is 11.0. The van der Waals surface area contributed by atoms with Crippen LogP contribution in [0, 0.1) is 23.0 Å². The van der Waals surface area contributed by atoms with Gasteiger partial charge in [0.2, 0.25) is 5.88 Å². The minimum Gasteiger partial charge on any atom is -0.475 e. The zero-order chi connectivity index (χ0) is 17.7. The highest BCUT2D eigenvalue weighted by molar-refractivity contribution is 5.50. The number of ether oxygens (including phenoxy) is 1. The van der Waals surface area contributed by atoms with Crippen molar-refractivity contribution < 1.29 is 26.7 Å². The van der Waals surface area contributed by atoms with E-state index in [2.05, 4.69) is 10.3 Å². The molecule has 0 aliphatic heterocycles. The lowest BCUT2D eigenvalue weighted by Crippen LogP contribution is -2.16. The summed E-state index contributed by atoms with van der Waals surface area (Å²) in [6, 6.07) is 5.21. The lowest BCUT2D eigenvalue weighted by atomic mass is 10.2. The molecular formula is C15H10F5N3O. The molecular weight excluding hydrogens is 333 g/mol. The Morgan fingerprint density at radius 2 is 1.88 bits per heavy atom. The van der Waals surface area contributed by atoms with Crippen LogP contribution in [0.4, 0.5) is 27.6 Å². The molecule has 0 amide bonds. The second kappa shape index (κ2) is 7.12. The second-order valence-corrected chi connectivity index (χ2v) is 4.56. The first-order valence-electron chi connectivity index (χ1n) is 6.61. The van der Waals surface area contributed by atoms with Gasteiger partial charge in [-0.1, -0.05) is 0 Å². The van der Waals surface area contributed by atoms with Crippen LogP contribution in [-0.2, 0) is 6.18 Å². The number of nitrogens with zero attached hydrogens (tertiary/aromatic N) is 2. The molecule has 0 aliphatic carbocycles. The van der Waals surface area contributed by atoms with Crippen molar-refractivity contribution in [3.63, 3.8) is 0 Å². The summed E-state index contributed by atoms with van der Waals surface area (Å²) in [5, 5.41) is 11.0. The number of pyridine rings is 1. The number of rotatable bonds is 5. The molecule has 0 aliphatic rings. The molecule has 24 heavy (non-hydrogen) atoms. The predicted molar refractivity (Wildman–Crippen MR) is 74.3 cm³/mol. The molecule has 126 valence electrons. The van der Waals surface area contributed by atoms with Gasteiger partial charge in [-0.15, -0.1) is 0 Å². The van der Waals surface area contributed by atoms with Gasteiger partial charge in [0.1, 0.15) is 17.9 Å². The van der Waals surface area contributed by atoms with Crippen molar-refractivity contribution in [2.24, 2.45) is 0 Å². The molecule has 0 atom stereocenters. The molecule has 9 heteroatoms. The van der Waals surface area contributed by atoms with E-state index in [1.54, 1.807) is 6.07 Å². The third-order valence-electron chi connectivity index (χ3n) is 2.89. The van der Waals surface area contributed by atoms with Crippen LogP contribution in [0.5, 0.6) is 5.88 Å². The van der Waals surface area contributed by atoms with E-state index in [0.717, 1.165) is 30.5 Å². The van der Waals surface area contributed by atoms with Gasteiger partial charge in [0, 0.05) is 12.7 Å². The van der Waals surface area contributed by atoms with Gasteiger partial charge in [-0.25, -0.2) is 13.8 Å². The first kappa shape index (κ1) is 17.5. The molecule has 2 rings (SSSR count).